The minimum atomic E-state index is -1.44. The van der Waals surface area contributed by atoms with Crippen LogP contribution < -0.4 is 14.2 Å². The van der Waals surface area contributed by atoms with Gasteiger partial charge in [-0.1, -0.05) is 88.4 Å². The topological polar surface area (TPSA) is 175 Å². The molecule has 0 radical (unpaired) electrons. The van der Waals surface area contributed by atoms with E-state index in [0.29, 0.717) is 66.6 Å². The molecule has 0 aromatic heterocycles. The normalized spacial score (nSPS) is 24.2. The summed E-state index contributed by atoms with van der Waals surface area (Å²) in [4.78, 5) is 35.3. The van der Waals surface area contributed by atoms with Crippen molar-refractivity contribution < 1.29 is 58.2 Å². The highest BCUT2D eigenvalue weighted by molar-refractivity contribution is 6.03. The van der Waals surface area contributed by atoms with E-state index in [4.69, 9.17) is 38.4 Å². The van der Waals surface area contributed by atoms with E-state index in [2.05, 4.69) is 19.6 Å². The van der Waals surface area contributed by atoms with Crippen molar-refractivity contribution in [1.29, 1.82) is 0 Å². The van der Waals surface area contributed by atoms with Crippen LogP contribution in [0.25, 0.3) is 0 Å². The van der Waals surface area contributed by atoms with Crippen molar-refractivity contribution in [3.8, 4) is 23.0 Å². The lowest BCUT2D eigenvalue weighted by Gasteiger charge is -2.60. The SMILES string of the molecule is C=CCO[C@@]12Oc3ccc(Oc4ccc(OC)c(C=O)c4)cc3[C@H]3[C@H](CCCCO)[C@@H](CCCCO)C=C(C(=NOC4CCCCO4)C[C@@H]1N(CCOCCO)C(=O)CCCCCCCCCCC)[C@H]32. The quantitative estimate of drug-likeness (QED) is 0.0268. The number of oxime groups is 1. The number of benzene rings is 2. The highest BCUT2D eigenvalue weighted by atomic mass is 16.8. The van der Waals surface area contributed by atoms with E-state index in [-0.39, 0.29) is 76.3 Å². The average molecular weight is 975 g/mol. The lowest BCUT2D eigenvalue weighted by atomic mass is 9.55. The molecule has 2 aliphatic carbocycles. The molecule has 7 atom stereocenters. The average Bonchev–Trinajstić information content (AvgIpc) is 3.38. The summed E-state index contributed by atoms with van der Waals surface area (Å²) in [6.07, 6.45) is 22.1. The second-order valence-electron chi connectivity index (χ2n) is 19.3. The Balaban J connectivity index is 1.49. The van der Waals surface area contributed by atoms with Gasteiger partial charge >= 0.3 is 0 Å². The zero-order valence-corrected chi connectivity index (χ0v) is 42.1. The fourth-order valence-electron chi connectivity index (χ4n) is 11.1. The number of aldehydes is 1. The van der Waals surface area contributed by atoms with Gasteiger partial charge in [-0.15, -0.1) is 6.58 Å². The number of ether oxygens (including phenoxy) is 6. The van der Waals surface area contributed by atoms with E-state index in [0.717, 1.165) is 81.6 Å². The highest BCUT2D eigenvalue weighted by Gasteiger charge is 2.65. The van der Waals surface area contributed by atoms with E-state index >= 15 is 4.79 Å². The van der Waals surface area contributed by atoms with Gasteiger partial charge in [0.25, 0.3) is 0 Å². The molecule has 2 fully saturated rings. The summed E-state index contributed by atoms with van der Waals surface area (Å²) in [6, 6.07) is 10.2. The van der Waals surface area contributed by atoms with E-state index in [1.54, 1.807) is 24.3 Å². The van der Waals surface area contributed by atoms with Gasteiger partial charge in [-0.05, 0) is 98.8 Å². The van der Waals surface area contributed by atoms with Gasteiger partial charge < -0.3 is 53.5 Å². The number of carbonyl (C=O) groups excluding carboxylic acids is 2. The first-order valence-electron chi connectivity index (χ1n) is 26.5. The first kappa shape index (κ1) is 55.0. The zero-order valence-electron chi connectivity index (χ0n) is 42.1. The van der Waals surface area contributed by atoms with Crippen LogP contribution in [-0.4, -0.2) is 116 Å². The molecule has 14 nitrogen and oxygen atoms in total. The number of aliphatic hydroxyl groups is 3. The molecule has 70 heavy (non-hydrogen) atoms. The van der Waals surface area contributed by atoms with E-state index in [1.165, 1.54) is 39.2 Å². The molecule has 0 bridgehead atoms. The number of rotatable bonds is 33. The summed E-state index contributed by atoms with van der Waals surface area (Å²) in [7, 11) is 1.52. The number of amides is 1. The predicted molar refractivity (Wildman–Crippen MR) is 270 cm³/mol. The Bertz CT molecular complexity index is 1980. The van der Waals surface area contributed by atoms with Crippen LogP contribution in [-0.2, 0) is 23.8 Å². The number of hydrogen-bond acceptors (Lipinski definition) is 13. The van der Waals surface area contributed by atoms with Crippen molar-refractivity contribution in [3.63, 3.8) is 0 Å². The Morgan fingerprint density at radius 1 is 0.900 bits per heavy atom. The number of fused-ring (bicyclic) bond motifs is 2. The summed E-state index contributed by atoms with van der Waals surface area (Å²) in [6.45, 7) is 7.61. The third-order valence-corrected chi connectivity index (χ3v) is 14.5. The van der Waals surface area contributed by atoms with Crippen LogP contribution >= 0.6 is 0 Å². The van der Waals surface area contributed by atoms with Gasteiger partial charge in [-0.2, -0.15) is 0 Å². The van der Waals surface area contributed by atoms with Crippen molar-refractivity contribution in [2.75, 3.05) is 59.9 Å². The van der Waals surface area contributed by atoms with Crippen molar-refractivity contribution in [2.45, 2.75) is 159 Å². The van der Waals surface area contributed by atoms with Crippen LogP contribution in [0.4, 0.5) is 0 Å². The molecule has 2 heterocycles. The second-order valence-corrected chi connectivity index (χ2v) is 19.3. The molecule has 2 aromatic rings. The van der Waals surface area contributed by atoms with Gasteiger partial charge in [-0.3, -0.25) is 9.59 Å². The molecule has 0 spiro atoms. The number of unbranched alkanes of at least 4 members (excludes halogenated alkanes) is 10. The van der Waals surface area contributed by atoms with Gasteiger partial charge in [0.1, 0.15) is 29.0 Å². The maximum Gasteiger partial charge on any atom is 0.239 e. The van der Waals surface area contributed by atoms with E-state index < -0.39 is 24.0 Å². The Morgan fingerprint density at radius 3 is 2.34 bits per heavy atom. The number of nitrogens with zero attached hydrogens (tertiary/aromatic N) is 2. The summed E-state index contributed by atoms with van der Waals surface area (Å²) in [5.74, 6) is -0.156. The molecule has 1 saturated heterocycles. The van der Waals surface area contributed by atoms with Crippen LogP contribution in [0.3, 0.4) is 0 Å². The molecule has 2 aliphatic heterocycles. The molecular formula is C56H82N2O12. The summed E-state index contributed by atoms with van der Waals surface area (Å²) >= 11 is 0. The molecule has 2 aromatic carbocycles. The smallest absolute Gasteiger partial charge is 0.239 e. The third-order valence-electron chi connectivity index (χ3n) is 14.5. The second kappa shape index (κ2) is 29.3. The van der Waals surface area contributed by atoms with Crippen LogP contribution in [0.5, 0.6) is 23.0 Å². The molecule has 6 rings (SSSR count). The molecule has 4 aliphatic rings. The lowest BCUT2D eigenvalue weighted by Crippen LogP contribution is -2.70. The monoisotopic (exact) mass is 975 g/mol. The van der Waals surface area contributed by atoms with Gasteiger partial charge in [0.15, 0.2) is 6.29 Å². The first-order valence-corrected chi connectivity index (χ1v) is 26.5. The number of carbonyl (C=O) groups is 2. The maximum absolute atomic E-state index is 15.0. The number of methoxy groups -OCH3 is 1. The predicted octanol–water partition coefficient (Wildman–Crippen LogP) is 10.2. The Labute approximate surface area is 416 Å². The summed E-state index contributed by atoms with van der Waals surface area (Å²) in [5, 5.41) is 34.8. The van der Waals surface area contributed by atoms with Crippen LogP contribution in [0, 0.1) is 17.8 Å². The fraction of sp³-hybridized carbons (Fsp3) is 0.661. The molecule has 1 unspecified atom stereocenters. The molecule has 3 N–H and O–H groups in total. The van der Waals surface area contributed by atoms with Gasteiger partial charge in [0, 0.05) is 50.5 Å². The standard InChI is InChI=1S/C56H82N2O12/c1-4-6-7-8-9-10-11-12-13-22-52(63)58(28-34-65-35-31-61)51-39-48(57-70-53-23-16-19-33-66-53)46-37-41(20-14-17-29-59)45(21-15-18-30-60)54-47-38-44(68-43-24-26-49(64-3)42(36-43)40-62)25-27-50(47)69-56(51,55(46)54)67-32-5-2/h5,24-27,36-38,40-41,45,51,53-55,59-61H,2,4,6-23,28-35,39H2,1,3H3/t41-,45+,51-,53?,54+,55+,56+/m0/s1. The molecular weight excluding hydrogens is 893 g/mol. The van der Waals surface area contributed by atoms with Gasteiger partial charge in [0.05, 0.1) is 57.3 Å². The van der Waals surface area contributed by atoms with Crippen molar-refractivity contribution >= 4 is 17.9 Å². The van der Waals surface area contributed by atoms with Crippen LogP contribution in [0.2, 0.25) is 0 Å². The Morgan fingerprint density at radius 2 is 1.64 bits per heavy atom. The highest BCUT2D eigenvalue weighted by Crippen LogP contribution is 2.62. The van der Waals surface area contributed by atoms with Crippen molar-refractivity contribution in [2.24, 2.45) is 22.9 Å². The largest absolute Gasteiger partial charge is 0.496 e. The molecule has 14 heteroatoms. The maximum atomic E-state index is 15.0. The van der Waals surface area contributed by atoms with Gasteiger partial charge in [0.2, 0.25) is 18.0 Å². The summed E-state index contributed by atoms with van der Waals surface area (Å²) in [5.41, 5.74) is 2.90. The van der Waals surface area contributed by atoms with E-state index in [9.17, 15) is 20.1 Å². The summed E-state index contributed by atoms with van der Waals surface area (Å²) < 4.78 is 38.5. The minimum absolute atomic E-state index is 0.00728. The number of aliphatic hydroxyl groups excluding tert-OH is 3. The van der Waals surface area contributed by atoms with Crippen molar-refractivity contribution in [3.05, 3.63) is 71.8 Å². The third kappa shape index (κ3) is 14.4. The molecule has 388 valence electrons. The van der Waals surface area contributed by atoms with Crippen LogP contribution in [0.15, 0.2) is 65.9 Å². The zero-order chi connectivity index (χ0) is 49.6. The van der Waals surface area contributed by atoms with E-state index in [1.807, 2.05) is 23.1 Å². The number of hydrogen-bond donors (Lipinski definition) is 3. The number of allylic oxidation sites excluding steroid dienone is 1. The van der Waals surface area contributed by atoms with Gasteiger partial charge in [-0.25, -0.2) is 0 Å². The van der Waals surface area contributed by atoms with Crippen LogP contribution in [0.1, 0.15) is 157 Å². The van der Waals surface area contributed by atoms with Crippen molar-refractivity contribution in [1.82, 2.24) is 4.90 Å². The lowest BCUT2D eigenvalue weighted by molar-refractivity contribution is -0.258. The Kier molecular flexibility index (Phi) is 23.0. The minimum Gasteiger partial charge on any atom is -0.496 e. The molecule has 1 amide bonds. The fourth-order valence-corrected chi connectivity index (χ4v) is 11.1. The Hall–Kier alpha value is -4.31. The first-order chi connectivity index (χ1) is 34.4. The molecule has 1 saturated carbocycles.